The van der Waals surface area contributed by atoms with Crippen molar-refractivity contribution in [1.29, 1.82) is 0 Å². The smallest absolute Gasteiger partial charge is 0.387 e. The Bertz CT molecular complexity index is 829. The lowest BCUT2D eigenvalue weighted by atomic mass is 10.0. The molecule has 1 amide bonds. The Kier molecular flexibility index (Phi) is 30.3. The van der Waals surface area contributed by atoms with Crippen LogP contribution in [0.25, 0.3) is 0 Å². The van der Waals surface area contributed by atoms with Crippen molar-refractivity contribution in [1.82, 2.24) is 5.32 Å². The third kappa shape index (κ3) is 33.3. The number of phosphoric ester groups is 1. The zero-order chi connectivity index (χ0) is 35.1. The Balaban J connectivity index is 4.45. The van der Waals surface area contributed by atoms with Crippen LogP contribution < -0.4 is 5.32 Å². The molecular weight excluding hydrogens is 611 g/mol. The summed E-state index contributed by atoms with van der Waals surface area (Å²) in [5.74, 6) is -0.190. The molecule has 3 N–H and O–H groups in total. The molecular formula is C38H76N2O6P+. The summed E-state index contributed by atoms with van der Waals surface area (Å²) in [5.41, 5.74) is 0. The summed E-state index contributed by atoms with van der Waals surface area (Å²) in [6.45, 7) is 4.73. The molecule has 0 aromatic heterocycles. The van der Waals surface area contributed by atoms with E-state index in [0.717, 1.165) is 38.5 Å². The lowest BCUT2D eigenvalue weighted by molar-refractivity contribution is -0.870. The number of nitrogens with one attached hydrogen (secondary N) is 1. The first-order valence-electron chi connectivity index (χ1n) is 19.2. The van der Waals surface area contributed by atoms with Crippen LogP contribution in [-0.4, -0.2) is 73.4 Å². The van der Waals surface area contributed by atoms with E-state index in [9.17, 15) is 19.4 Å². The van der Waals surface area contributed by atoms with E-state index in [0.29, 0.717) is 17.4 Å². The van der Waals surface area contributed by atoms with Crippen LogP contribution in [0.3, 0.4) is 0 Å². The molecule has 0 aromatic rings. The summed E-state index contributed by atoms with van der Waals surface area (Å²) in [4.78, 5) is 22.9. The molecule has 0 aliphatic rings. The molecule has 0 rings (SSSR count). The molecule has 0 aliphatic carbocycles. The molecule has 0 fully saturated rings. The van der Waals surface area contributed by atoms with Crippen LogP contribution in [0, 0.1) is 0 Å². The summed E-state index contributed by atoms with van der Waals surface area (Å²) >= 11 is 0. The maximum Gasteiger partial charge on any atom is 0.472 e. The molecule has 0 aromatic carbocycles. The highest BCUT2D eigenvalue weighted by molar-refractivity contribution is 7.47. The summed E-state index contributed by atoms with van der Waals surface area (Å²) in [7, 11) is 1.55. The Morgan fingerprint density at radius 2 is 1.17 bits per heavy atom. The van der Waals surface area contributed by atoms with Crippen LogP contribution in [0.1, 0.15) is 162 Å². The van der Waals surface area contributed by atoms with Gasteiger partial charge in [0.2, 0.25) is 5.91 Å². The van der Waals surface area contributed by atoms with Gasteiger partial charge in [0.25, 0.3) is 0 Å². The van der Waals surface area contributed by atoms with Gasteiger partial charge < -0.3 is 19.8 Å². The number of likely N-dealkylation sites (N-methyl/N-ethyl adjacent to an activating group) is 1. The number of unbranched alkanes of at least 4 members (excludes halogenated alkanes) is 19. The highest BCUT2D eigenvalue weighted by Crippen LogP contribution is 2.43. The lowest BCUT2D eigenvalue weighted by Gasteiger charge is -2.25. The number of carbonyl (C=O) groups excluding carboxylic acids is 1. The zero-order valence-corrected chi connectivity index (χ0v) is 32.2. The third-order valence-electron chi connectivity index (χ3n) is 8.42. The number of amides is 1. The van der Waals surface area contributed by atoms with Gasteiger partial charge in [-0.3, -0.25) is 13.8 Å². The molecule has 0 spiro atoms. The zero-order valence-electron chi connectivity index (χ0n) is 31.3. The minimum Gasteiger partial charge on any atom is -0.387 e. The number of phosphoric acid groups is 1. The highest BCUT2D eigenvalue weighted by atomic mass is 31.2. The minimum absolute atomic E-state index is 0.0575. The van der Waals surface area contributed by atoms with Gasteiger partial charge in [-0.05, 0) is 32.1 Å². The third-order valence-corrected chi connectivity index (χ3v) is 9.41. The van der Waals surface area contributed by atoms with Gasteiger partial charge in [-0.2, -0.15) is 0 Å². The number of hydrogen-bond acceptors (Lipinski definition) is 5. The molecule has 3 atom stereocenters. The predicted octanol–water partition coefficient (Wildman–Crippen LogP) is 9.80. The molecule has 9 heteroatoms. The van der Waals surface area contributed by atoms with Gasteiger partial charge in [-0.1, -0.05) is 147 Å². The average Bonchev–Trinajstić information content (AvgIpc) is 3.01. The van der Waals surface area contributed by atoms with Crippen LogP contribution in [-0.2, 0) is 18.4 Å². The topological polar surface area (TPSA) is 105 Å². The number of aliphatic hydroxyl groups excluding tert-OH is 1. The first-order valence-corrected chi connectivity index (χ1v) is 20.7. The van der Waals surface area contributed by atoms with Gasteiger partial charge in [0.15, 0.2) is 0 Å². The molecule has 278 valence electrons. The van der Waals surface area contributed by atoms with Gasteiger partial charge in [-0.15, -0.1) is 0 Å². The monoisotopic (exact) mass is 688 g/mol. The normalized spacial score (nSPS) is 15.0. The summed E-state index contributed by atoms with van der Waals surface area (Å²) in [5, 5.41) is 13.7. The number of rotatable bonds is 34. The Morgan fingerprint density at radius 3 is 1.70 bits per heavy atom. The largest absolute Gasteiger partial charge is 0.472 e. The van der Waals surface area contributed by atoms with Crippen LogP contribution in [0.5, 0.6) is 0 Å². The quantitative estimate of drug-likeness (QED) is 0.0269. The molecule has 0 aliphatic heterocycles. The van der Waals surface area contributed by atoms with E-state index < -0.39 is 20.0 Å². The van der Waals surface area contributed by atoms with Gasteiger partial charge in [0.05, 0.1) is 39.9 Å². The van der Waals surface area contributed by atoms with E-state index in [2.05, 4.69) is 31.3 Å². The number of allylic oxidation sites excluding steroid dienone is 3. The van der Waals surface area contributed by atoms with E-state index >= 15 is 0 Å². The Morgan fingerprint density at radius 1 is 0.702 bits per heavy atom. The van der Waals surface area contributed by atoms with E-state index in [1.54, 1.807) is 6.08 Å². The van der Waals surface area contributed by atoms with E-state index in [4.69, 9.17) is 9.05 Å². The molecule has 8 nitrogen and oxygen atoms in total. The van der Waals surface area contributed by atoms with Crippen LogP contribution in [0.4, 0.5) is 0 Å². The Labute approximate surface area is 290 Å². The van der Waals surface area contributed by atoms with Crippen molar-refractivity contribution in [2.45, 2.75) is 174 Å². The van der Waals surface area contributed by atoms with Crippen LogP contribution in [0.15, 0.2) is 24.3 Å². The molecule has 0 saturated carbocycles. The number of nitrogens with zero attached hydrogens (tertiary/aromatic N) is 1. The maximum absolute atomic E-state index is 12.8. The molecule has 0 radical (unpaired) electrons. The van der Waals surface area contributed by atoms with Crippen molar-refractivity contribution in [3.63, 3.8) is 0 Å². The fourth-order valence-corrected chi connectivity index (χ4v) is 6.03. The number of aliphatic hydroxyl groups is 1. The fourth-order valence-electron chi connectivity index (χ4n) is 5.29. The average molecular weight is 688 g/mol. The standard InChI is InChI=1S/C38H75N2O6P/c1-6-8-10-12-14-16-17-18-19-20-21-22-24-26-28-30-32-38(42)39-36(35-46-47(43,44)45-34-33-40(3,4)5)37(41)31-29-27-25-23-15-13-11-9-7-2/h15,23,29,31,36-37,41H,6-14,16-22,24-28,30,32-35H2,1-5H3,(H-,39,42,43,44)/p+1/b23-15+,31-29+. The minimum atomic E-state index is -4.33. The van der Waals surface area contributed by atoms with E-state index in [1.807, 2.05) is 27.2 Å². The Hall–Kier alpha value is -1.02. The van der Waals surface area contributed by atoms with Crippen molar-refractivity contribution in [3.05, 3.63) is 24.3 Å². The molecule has 3 unspecified atom stereocenters. The molecule has 0 heterocycles. The first kappa shape index (κ1) is 46.0. The van der Waals surface area contributed by atoms with Crippen molar-refractivity contribution in [2.24, 2.45) is 0 Å². The van der Waals surface area contributed by atoms with Crippen LogP contribution in [0.2, 0.25) is 0 Å². The maximum atomic E-state index is 12.8. The molecule has 0 saturated heterocycles. The summed E-state index contributed by atoms with van der Waals surface area (Å²) in [6.07, 6.45) is 33.9. The molecule has 47 heavy (non-hydrogen) atoms. The second-order valence-corrected chi connectivity index (χ2v) is 15.8. The van der Waals surface area contributed by atoms with Gasteiger partial charge >= 0.3 is 7.82 Å². The second kappa shape index (κ2) is 31.0. The second-order valence-electron chi connectivity index (χ2n) is 14.3. The van der Waals surface area contributed by atoms with Crippen molar-refractivity contribution < 1.29 is 32.9 Å². The highest BCUT2D eigenvalue weighted by Gasteiger charge is 2.27. The van der Waals surface area contributed by atoms with E-state index in [-0.39, 0.29) is 19.1 Å². The van der Waals surface area contributed by atoms with Crippen molar-refractivity contribution in [3.8, 4) is 0 Å². The summed E-state index contributed by atoms with van der Waals surface area (Å²) in [6, 6.07) is -0.855. The van der Waals surface area contributed by atoms with Crippen LogP contribution >= 0.6 is 7.82 Å². The van der Waals surface area contributed by atoms with Gasteiger partial charge in [-0.25, -0.2) is 4.57 Å². The lowest BCUT2D eigenvalue weighted by Crippen LogP contribution is -2.45. The van der Waals surface area contributed by atoms with E-state index in [1.165, 1.54) is 103 Å². The fraction of sp³-hybridized carbons (Fsp3) is 0.868. The van der Waals surface area contributed by atoms with Gasteiger partial charge in [0, 0.05) is 6.42 Å². The molecule has 0 bridgehead atoms. The predicted molar refractivity (Wildman–Crippen MR) is 198 cm³/mol. The first-order chi connectivity index (χ1) is 22.5. The van der Waals surface area contributed by atoms with Crippen molar-refractivity contribution in [2.75, 3.05) is 40.9 Å². The number of hydrogen-bond donors (Lipinski definition) is 3. The summed E-state index contributed by atoms with van der Waals surface area (Å²) < 4.78 is 23.4. The van der Waals surface area contributed by atoms with Crippen molar-refractivity contribution >= 4 is 13.7 Å². The van der Waals surface area contributed by atoms with Gasteiger partial charge in [0.1, 0.15) is 13.2 Å². The number of carbonyl (C=O) groups is 1. The number of quaternary nitrogens is 1. The SMILES string of the molecule is CCCCC/C=C/CC/C=C/C(O)C(COP(=O)(O)OCC[N+](C)(C)C)NC(=O)CCCCCCCCCCCCCCCCCC.